The van der Waals surface area contributed by atoms with Crippen molar-refractivity contribution in [3.63, 3.8) is 0 Å². The molecule has 1 aromatic carbocycles. The maximum atomic E-state index is 12.6. The third-order valence-electron chi connectivity index (χ3n) is 4.25. The molecule has 0 spiro atoms. The molecule has 1 fully saturated rings. The van der Waals surface area contributed by atoms with Crippen molar-refractivity contribution < 1.29 is 4.79 Å². The third kappa shape index (κ3) is 3.24. The Kier molecular flexibility index (Phi) is 4.76. The molecule has 0 aliphatic carbocycles. The fourth-order valence-corrected chi connectivity index (χ4v) is 3.07. The average molecular weight is 259 g/mol. The Bertz CT molecular complexity index is 415. The van der Waals surface area contributed by atoms with Gasteiger partial charge in [-0.2, -0.15) is 0 Å². The highest BCUT2D eigenvalue weighted by molar-refractivity contribution is 5.90. The minimum atomic E-state index is -0.238. The number of nitrogens with one attached hydrogen (secondary N) is 1. The van der Waals surface area contributed by atoms with Crippen LogP contribution in [-0.2, 0) is 17.6 Å². The molecule has 0 aromatic heterocycles. The van der Waals surface area contributed by atoms with Crippen LogP contribution in [0.15, 0.2) is 24.3 Å². The van der Waals surface area contributed by atoms with Gasteiger partial charge in [0.2, 0.25) is 0 Å². The Labute approximate surface area is 116 Å². The van der Waals surface area contributed by atoms with Crippen molar-refractivity contribution >= 4 is 5.78 Å². The van der Waals surface area contributed by atoms with Crippen LogP contribution in [0.25, 0.3) is 0 Å². The summed E-state index contributed by atoms with van der Waals surface area (Å²) in [6.45, 7) is 5.30. The highest BCUT2D eigenvalue weighted by atomic mass is 16.1. The van der Waals surface area contributed by atoms with Crippen molar-refractivity contribution in [1.29, 1.82) is 0 Å². The summed E-state index contributed by atoms with van der Waals surface area (Å²) in [5, 5.41) is 3.46. The molecule has 0 radical (unpaired) electrons. The summed E-state index contributed by atoms with van der Waals surface area (Å²) in [6.07, 6.45) is 5.78. The van der Waals surface area contributed by atoms with E-state index < -0.39 is 0 Å². The molecule has 2 rings (SSSR count). The second-order valence-corrected chi connectivity index (χ2v) is 5.63. The molecule has 1 aliphatic rings. The van der Waals surface area contributed by atoms with Gasteiger partial charge >= 0.3 is 0 Å². The SMILES string of the molecule is CCCC1(C(=O)Cc2ccc(CC)cc2)CCCN1. The minimum absolute atomic E-state index is 0.238. The van der Waals surface area contributed by atoms with Crippen LogP contribution in [0.3, 0.4) is 0 Å². The zero-order chi connectivity index (χ0) is 13.7. The van der Waals surface area contributed by atoms with Crippen LogP contribution in [0.2, 0.25) is 0 Å². The van der Waals surface area contributed by atoms with E-state index in [-0.39, 0.29) is 5.54 Å². The number of benzene rings is 1. The lowest BCUT2D eigenvalue weighted by atomic mass is 9.84. The van der Waals surface area contributed by atoms with Crippen LogP contribution >= 0.6 is 0 Å². The smallest absolute Gasteiger partial charge is 0.157 e. The Morgan fingerprint density at radius 2 is 1.89 bits per heavy atom. The first-order valence-electron chi connectivity index (χ1n) is 7.56. The molecular weight excluding hydrogens is 234 g/mol. The van der Waals surface area contributed by atoms with Crippen molar-refractivity contribution in [3.05, 3.63) is 35.4 Å². The summed E-state index contributed by atoms with van der Waals surface area (Å²) in [6, 6.07) is 8.48. The quantitative estimate of drug-likeness (QED) is 0.849. The van der Waals surface area contributed by atoms with Gasteiger partial charge in [0.1, 0.15) is 0 Å². The fourth-order valence-electron chi connectivity index (χ4n) is 3.07. The number of hydrogen-bond donors (Lipinski definition) is 1. The summed E-state index contributed by atoms with van der Waals surface area (Å²) in [5.74, 6) is 0.371. The van der Waals surface area contributed by atoms with Crippen molar-refractivity contribution in [2.75, 3.05) is 6.54 Å². The molecule has 1 unspecified atom stereocenters. The van der Waals surface area contributed by atoms with Crippen molar-refractivity contribution in [2.24, 2.45) is 0 Å². The topological polar surface area (TPSA) is 29.1 Å². The van der Waals surface area contributed by atoms with Crippen LogP contribution in [0, 0.1) is 0 Å². The first-order chi connectivity index (χ1) is 9.20. The van der Waals surface area contributed by atoms with Gasteiger partial charge in [0.25, 0.3) is 0 Å². The number of carbonyl (C=O) groups is 1. The van der Waals surface area contributed by atoms with Crippen LogP contribution in [0.4, 0.5) is 0 Å². The second kappa shape index (κ2) is 6.33. The van der Waals surface area contributed by atoms with Gasteiger partial charge in [-0.1, -0.05) is 44.5 Å². The lowest BCUT2D eigenvalue weighted by Crippen LogP contribution is -2.48. The number of carbonyl (C=O) groups excluding carboxylic acids is 1. The summed E-state index contributed by atoms with van der Waals surface area (Å²) in [4.78, 5) is 12.6. The van der Waals surface area contributed by atoms with E-state index in [0.717, 1.165) is 44.2 Å². The van der Waals surface area contributed by atoms with Gasteiger partial charge in [-0.05, 0) is 43.4 Å². The molecule has 1 heterocycles. The van der Waals surface area contributed by atoms with Crippen molar-refractivity contribution in [3.8, 4) is 0 Å². The molecule has 19 heavy (non-hydrogen) atoms. The maximum Gasteiger partial charge on any atom is 0.157 e. The van der Waals surface area contributed by atoms with Gasteiger partial charge in [-0.25, -0.2) is 0 Å². The highest BCUT2D eigenvalue weighted by Gasteiger charge is 2.39. The van der Waals surface area contributed by atoms with Gasteiger partial charge in [0.15, 0.2) is 5.78 Å². The number of ketones is 1. The Balaban J connectivity index is 2.05. The molecule has 1 atom stereocenters. The van der Waals surface area contributed by atoms with E-state index in [0.29, 0.717) is 12.2 Å². The fraction of sp³-hybridized carbons (Fsp3) is 0.588. The standard InChI is InChI=1S/C17H25NO/c1-3-10-17(11-5-12-18-17)16(19)13-15-8-6-14(4-2)7-9-15/h6-9,18H,3-5,10-13H2,1-2H3. The van der Waals surface area contributed by atoms with Crippen LogP contribution in [-0.4, -0.2) is 17.9 Å². The monoisotopic (exact) mass is 259 g/mol. The van der Waals surface area contributed by atoms with E-state index in [4.69, 9.17) is 0 Å². The lowest BCUT2D eigenvalue weighted by Gasteiger charge is -2.27. The van der Waals surface area contributed by atoms with Gasteiger partial charge in [0, 0.05) is 6.42 Å². The van der Waals surface area contributed by atoms with Crippen molar-refractivity contribution in [1.82, 2.24) is 5.32 Å². The van der Waals surface area contributed by atoms with Crippen LogP contribution in [0.1, 0.15) is 50.7 Å². The molecule has 1 saturated heterocycles. The number of Topliss-reactive ketones (excluding diaryl/α,β-unsaturated/α-hetero) is 1. The Hall–Kier alpha value is -1.15. The predicted molar refractivity (Wildman–Crippen MR) is 79.4 cm³/mol. The van der Waals surface area contributed by atoms with Crippen LogP contribution < -0.4 is 5.32 Å². The highest BCUT2D eigenvalue weighted by Crippen LogP contribution is 2.27. The van der Waals surface area contributed by atoms with Gasteiger partial charge in [-0.15, -0.1) is 0 Å². The third-order valence-corrected chi connectivity index (χ3v) is 4.25. The largest absolute Gasteiger partial charge is 0.305 e. The molecule has 1 aliphatic heterocycles. The summed E-state index contributed by atoms with van der Waals surface area (Å²) >= 11 is 0. The predicted octanol–water partition coefficient (Wildman–Crippen LogP) is 3.28. The molecule has 2 heteroatoms. The molecule has 1 aromatic rings. The van der Waals surface area contributed by atoms with E-state index in [1.165, 1.54) is 5.56 Å². The summed E-state index contributed by atoms with van der Waals surface area (Å²) < 4.78 is 0. The van der Waals surface area contributed by atoms with E-state index in [9.17, 15) is 4.79 Å². The normalized spacial score (nSPS) is 22.6. The minimum Gasteiger partial charge on any atom is -0.305 e. The molecule has 2 nitrogen and oxygen atoms in total. The summed E-state index contributed by atoms with van der Waals surface area (Å²) in [7, 11) is 0. The first-order valence-corrected chi connectivity index (χ1v) is 7.56. The molecule has 0 amide bonds. The Morgan fingerprint density at radius 1 is 1.21 bits per heavy atom. The second-order valence-electron chi connectivity index (χ2n) is 5.63. The van der Waals surface area contributed by atoms with E-state index in [1.807, 2.05) is 0 Å². The average Bonchev–Trinajstić information content (AvgIpc) is 2.90. The van der Waals surface area contributed by atoms with Crippen molar-refractivity contribution in [2.45, 2.75) is 57.9 Å². The molecule has 104 valence electrons. The number of hydrogen-bond acceptors (Lipinski definition) is 2. The first kappa shape index (κ1) is 14.3. The number of aryl methyl sites for hydroxylation is 1. The van der Waals surface area contributed by atoms with Gasteiger partial charge < -0.3 is 5.32 Å². The van der Waals surface area contributed by atoms with E-state index >= 15 is 0 Å². The van der Waals surface area contributed by atoms with Crippen LogP contribution in [0.5, 0.6) is 0 Å². The zero-order valence-corrected chi connectivity index (χ0v) is 12.2. The molecule has 0 bridgehead atoms. The van der Waals surface area contributed by atoms with E-state index in [1.54, 1.807) is 0 Å². The van der Waals surface area contributed by atoms with E-state index in [2.05, 4.69) is 43.4 Å². The summed E-state index contributed by atoms with van der Waals surface area (Å²) in [5.41, 5.74) is 2.24. The lowest BCUT2D eigenvalue weighted by molar-refractivity contribution is -0.124. The zero-order valence-electron chi connectivity index (χ0n) is 12.2. The maximum absolute atomic E-state index is 12.6. The molecular formula is C17H25NO. The van der Waals surface area contributed by atoms with Gasteiger partial charge in [0.05, 0.1) is 5.54 Å². The Morgan fingerprint density at radius 3 is 2.42 bits per heavy atom. The number of rotatable bonds is 6. The molecule has 0 saturated carbocycles. The van der Waals surface area contributed by atoms with Gasteiger partial charge in [-0.3, -0.25) is 4.79 Å². The molecule has 1 N–H and O–H groups in total.